The van der Waals surface area contributed by atoms with Crippen LogP contribution in [0.3, 0.4) is 0 Å². The lowest BCUT2D eigenvalue weighted by Crippen LogP contribution is -2.01. The van der Waals surface area contributed by atoms with Crippen molar-refractivity contribution in [3.8, 4) is 17.6 Å². The van der Waals surface area contributed by atoms with Crippen LogP contribution in [0, 0.1) is 11.3 Å². The van der Waals surface area contributed by atoms with Gasteiger partial charge >= 0.3 is 0 Å². The van der Waals surface area contributed by atoms with E-state index in [4.69, 9.17) is 14.7 Å². The second-order valence-corrected chi connectivity index (χ2v) is 4.85. The number of nitrogens with zero attached hydrogens (tertiary/aromatic N) is 2. The van der Waals surface area contributed by atoms with Crippen LogP contribution in [0.25, 0.3) is 0 Å². The highest BCUT2D eigenvalue weighted by molar-refractivity contribution is 7.12. The Morgan fingerprint density at radius 2 is 1.89 bits per heavy atom. The average Bonchev–Trinajstić information content (AvgIpc) is 2.89. The Balaban J connectivity index is 1.80. The number of hydrogen-bond donors (Lipinski definition) is 0. The van der Waals surface area contributed by atoms with Crippen LogP contribution in [0.1, 0.15) is 16.8 Å². The highest BCUT2D eigenvalue weighted by atomic mass is 32.1. The number of benzene rings is 1. The molecule has 0 N–H and O–H groups in total. The Kier molecular flexibility index (Phi) is 4.76. The van der Waals surface area contributed by atoms with Gasteiger partial charge in [-0.05, 0) is 31.2 Å². The molecule has 0 aliphatic heterocycles. The fourth-order valence-corrected chi connectivity index (χ4v) is 2.23. The lowest BCUT2D eigenvalue weighted by molar-refractivity contribution is 0.318. The minimum absolute atomic E-state index is 0.548. The summed E-state index contributed by atoms with van der Waals surface area (Å²) in [5.41, 5.74) is 0. The van der Waals surface area contributed by atoms with Gasteiger partial charge < -0.3 is 9.47 Å². The van der Waals surface area contributed by atoms with Crippen LogP contribution in [-0.4, -0.2) is 18.2 Å². The summed E-state index contributed by atoms with van der Waals surface area (Å²) in [7, 11) is 0. The molecule has 98 valence electrons. The summed E-state index contributed by atoms with van der Waals surface area (Å²) in [6.07, 6.45) is 2.30. The fraction of sp³-hybridized carbons (Fsp3) is 0.286. The Hall–Kier alpha value is -2.06. The van der Waals surface area contributed by atoms with Crippen molar-refractivity contribution in [2.75, 3.05) is 13.2 Å². The molecule has 2 rings (SSSR count). The molecule has 0 atom stereocenters. The molecule has 2 aromatic rings. The van der Waals surface area contributed by atoms with Gasteiger partial charge in [-0.2, -0.15) is 5.26 Å². The SMILES string of the molecule is CCOc1ccc(OCCc2ncc(C#N)s2)cc1. The van der Waals surface area contributed by atoms with Gasteiger partial charge in [0.25, 0.3) is 0 Å². The molecular weight excluding hydrogens is 260 g/mol. The van der Waals surface area contributed by atoms with Crippen molar-refractivity contribution in [2.45, 2.75) is 13.3 Å². The highest BCUT2D eigenvalue weighted by Crippen LogP contribution is 2.18. The fourth-order valence-electron chi connectivity index (χ4n) is 1.53. The van der Waals surface area contributed by atoms with Crippen molar-refractivity contribution < 1.29 is 9.47 Å². The van der Waals surface area contributed by atoms with Gasteiger partial charge in [0.15, 0.2) is 0 Å². The van der Waals surface area contributed by atoms with Crippen LogP contribution in [-0.2, 0) is 6.42 Å². The van der Waals surface area contributed by atoms with Crippen molar-refractivity contribution in [3.05, 3.63) is 40.3 Å². The first kappa shape index (κ1) is 13.4. The van der Waals surface area contributed by atoms with E-state index in [-0.39, 0.29) is 0 Å². The van der Waals surface area contributed by atoms with E-state index in [0.717, 1.165) is 16.5 Å². The second-order valence-electron chi connectivity index (χ2n) is 3.73. The Morgan fingerprint density at radius 1 is 1.21 bits per heavy atom. The molecule has 1 aromatic heterocycles. The Labute approximate surface area is 116 Å². The van der Waals surface area contributed by atoms with Gasteiger partial charge in [0.2, 0.25) is 0 Å². The minimum atomic E-state index is 0.548. The summed E-state index contributed by atoms with van der Waals surface area (Å²) in [5, 5.41) is 9.62. The summed E-state index contributed by atoms with van der Waals surface area (Å²) < 4.78 is 11.0. The number of nitriles is 1. The predicted octanol–water partition coefficient (Wildman–Crippen LogP) is 3.03. The van der Waals surface area contributed by atoms with Gasteiger partial charge in [0.05, 0.1) is 24.4 Å². The molecule has 0 saturated heterocycles. The number of rotatable bonds is 6. The third kappa shape index (κ3) is 3.97. The highest BCUT2D eigenvalue weighted by Gasteiger charge is 2.02. The number of ether oxygens (including phenoxy) is 2. The van der Waals surface area contributed by atoms with E-state index in [1.165, 1.54) is 11.3 Å². The quantitative estimate of drug-likeness (QED) is 0.812. The van der Waals surface area contributed by atoms with Crippen molar-refractivity contribution in [1.29, 1.82) is 5.26 Å². The van der Waals surface area contributed by atoms with E-state index < -0.39 is 0 Å². The van der Waals surface area contributed by atoms with E-state index in [0.29, 0.717) is 24.5 Å². The molecule has 0 spiro atoms. The molecule has 0 amide bonds. The molecule has 1 heterocycles. The Morgan fingerprint density at radius 3 is 2.47 bits per heavy atom. The van der Waals surface area contributed by atoms with Crippen molar-refractivity contribution in [1.82, 2.24) is 4.98 Å². The third-order valence-electron chi connectivity index (χ3n) is 2.38. The van der Waals surface area contributed by atoms with Gasteiger partial charge in [-0.15, -0.1) is 11.3 Å². The topological polar surface area (TPSA) is 55.1 Å². The zero-order valence-electron chi connectivity index (χ0n) is 10.6. The van der Waals surface area contributed by atoms with Gasteiger partial charge in [0, 0.05) is 6.42 Å². The summed E-state index contributed by atoms with van der Waals surface area (Å²) in [5.74, 6) is 1.65. The third-order valence-corrected chi connectivity index (χ3v) is 3.34. The summed E-state index contributed by atoms with van der Waals surface area (Å²) in [6.45, 7) is 3.16. The molecule has 0 radical (unpaired) electrons. The summed E-state index contributed by atoms with van der Waals surface area (Å²) in [4.78, 5) is 4.79. The predicted molar refractivity (Wildman–Crippen MR) is 73.6 cm³/mol. The van der Waals surface area contributed by atoms with Gasteiger partial charge in [-0.1, -0.05) is 0 Å². The maximum absolute atomic E-state index is 8.70. The number of hydrogen-bond acceptors (Lipinski definition) is 5. The van der Waals surface area contributed by atoms with Crippen LogP contribution in [0.15, 0.2) is 30.5 Å². The van der Waals surface area contributed by atoms with E-state index >= 15 is 0 Å². The standard InChI is InChI=1S/C14H14N2O2S/c1-2-17-11-3-5-12(6-4-11)18-8-7-14-16-10-13(9-15)19-14/h3-6,10H,2,7-8H2,1H3. The maximum Gasteiger partial charge on any atom is 0.124 e. The van der Waals surface area contributed by atoms with Crippen LogP contribution in [0.5, 0.6) is 11.5 Å². The molecule has 19 heavy (non-hydrogen) atoms. The van der Waals surface area contributed by atoms with Crippen molar-refractivity contribution >= 4 is 11.3 Å². The number of thiazole rings is 1. The largest absolute Gasteiger partial charge is 0.494 e. The van der Waals surface area contributed by atoms with Crippen LogP contribution >= 0.6 is 11.3 Å². The van der Waals surface area contributed by atoms with Gasteiger partial charge in [0.1, 0.15) is 22.4 Å². The van der Waals surface area contributed by atoms with Gasteiger partial charge in [-0.3, -0.25) is 0 Å². The van der Waals surface area contributed by atoms with Crippen LogP contribution in [0.4, 0.5) is 0 Å². The molecule has 5 heteroatoms. The van der Waals surface area contributed by atoms with E-state index in [2.05, 4.69) is 11.1 Å². The van der Waals surface area contributed by atoms with Crippen molar-refractivity contribution in [3.63, 3.8) is 0 Å². The first-order chi connectivity index (χ1) is 9.31. The molecule has 1 aromatic carbocycles. The maximum atomic E-state index is 8.70. The normalized spacial score (nSPS) is 9.89. The molecule has 4 nitrogen and oxygen atoms in total. The number of aromatic nitrogens is 1. The molecular formula is C14H14N2O2S. The van der Waals surface area contributed by atoms with Crippen LogP contribution in [0.2, 0.25) is 0 Å². The zero-order valence-corrected chi connectivity index (χ0v) is 11.4. The first-order valence-corrected chi connectivity index (χ1v) is 6.84. The molecule has 0 saturated carbocycles. The molecule has 0 aliphatic rings. The molecule has 0 bridgehead atoms. The van der Waals surface area contributed by atoms with E-state index in [1.54, 1.807) is 6.20 Å². The van der Waals surface area contributed by atoms with E-state index in [9.17, 15) is 0 Å². The lowest BCUT2D eigenvalue weighted by atomic mass is 10.3. The second kappa shape index (κ2) is 6.76. The Bertz CT molecular complexity index is 558. The zero-order chi connectivity index (χ0) is 13.5. The summed E-state index contributed by atoms with van der Waals surface area (Å²) in [6, 6.07) is 9.61. The lowest BCUT2D eigenvalue weighted by Gasteiger charge is -2.06. The molecule has 0 fully saturated rings. The first-order valence-electron chi connectivity index (χ1n) is 6.02. The van der Waals surface area contributed by atoms with Crippen LogP contribution < -0.4 is 9.47 Å². The minimum Gasteiger partial charge on any atom is -0.494 e. The smallest absolute Gasteiger partial charge is 0.124 e. The molecule has 0 unspecified atom stereocenters. The monoisotopic (exact) mass is 274 g/mol. The summed E-state index contributed by atoms with van der Waals surface area (Å²) >= 11 is 1.40. The van der Waals surface area contributed by atoms with Crippen molar-refractivity contribution in [2.24, 2.45) is 0 Å². The molecule has 0 aliphatic carbocycles. The van der Waals surface area contributed by atoms with E-state index in [1.807, 2.05) is 31.2 Å². The average molecular weight is 274 g/mol. The van der Waals surface area contributed by atoms with Gasteiger partial charge in [-0.25, -0.2) is 4.98 Å².